The Kier molecular flexibility index (Phi) is 5.49. The van der Waals surface area contributed by atoms with Crippen LogP contribution >= 0.6 is 12.2 Å². The summed E-state index contributed by atoms with van der Waals surface area (Å²) in [6.07, 6.45) is -4.38. The van der Waals surface area contributed by atoms with Gasteiger partial charge in [-0.2, -0.15) is 13.2 Å². The molecule has 0 saturated carbocycles. The Hall–Kier alpha value is -2.08. The Morgan fingerprint density at radius 1 is 1.08 bits per heavy atom. The topological polar surface area (TPSA) is 24.1 Å². The highest BCUT2D eigenvalue weighted by Crippen LogP contribution is 2.30. The van der Waals surface area contributed by atoms with Crippen LogP contribution in [0.5, 0.6) is 0 Å². The Morgan fingerprint density at radius 2 is 1.79 bits per heavy atom. The summed E-state index contributed by atoms with van der Waals surface area (Å²) in [6, 6.07) is 11.0. The van der Waals surface area contributed by atoms with Crippen molar-refractivity contribution < 1.29 is 13.2 Å². The fourth-order valence-electron chi connectivity index (χ4n) is 2.53. The van der Waals surface area contributed by atoms with Gasteiger partial charge in [0.05, 0.1) is 11.6 Å². The summed E-state index contributed by atoms with van der Waals surface area (Å²) >= 11 is 5.21. The number of anilines is 1. The third kappa shape index (κ3) is 4.71. The van der Waals surface area contributed by atoms with Crippen molar-refractivity contribution in [1.82, 2.24) is 5.32 Å². The van der Waals surface area contributed by atoms with Gasteiger partial charge in [-0.3, -0.25) is 0 Å². The molecule has 2 N–H and O–H groups in total. The monoisotopic (exact) mass is 352 g/mol. The molecule has 24 heavy (non-hydrogen) atoms. The number of hydrogen-bond acceptors (Lipinski definition) is 1. The van der Waals surface area contributed by atoms with E-state index in [2.05, 4.69) is 16.7 Å². The lowest BCUT2D eigenvalue weighted by molar-refractivity contribution is -0.137. The summed E-state index contributed by atoms with van der Waals surface area (Å²) in [5.74, 6) is 0. The Balaban J connectivity index is 2.05. The Morgan fingerprint density at radius 3 is 2.42 bits per heavy atom. The molecule has 0 radical (unpaired) electrons. The quantitative estimate of drug-likeness (QED) is 0.726. The number of thiocarbonyl (C=S) groups is 1. The molecule has 2 aromatic rings. The van der Waals surface area contributed by atoms with Crippen LogP contribution in [0, 0.1) is 13.8 Å². The van der Waals surface area contributed by atoms with Crippen molar-refractivity contribution in [1.29, 1.82) is 0 Å². The normalized spacial score (nSPS) is 12.6. The van der Waals surface area contributed by atoms with Crippen LogP contribution in [0.2, 0.25) is 0 Å². The average Bonchev–Trinajstić information content (AvgIpc) is 2.46. The van der Waals surface area contributed by atoms with Crippen LogP contribution in [0.4, 0.5) is 18.9 Å². The van der Waals surface area contributed by atoms with E-state index in [4.69, 9.17) is 12.2 Å². The summed E-state index contributed by atoms with van der Waals surface area (Å²) in [7, 11) is 0. The number of hydrogen-bond donors (Lipinski definition) is 2. The molecule has 6 heteroatoms. The molecule has 1 unspecified atom stereocenters. The number of alkyl halides is 3. The molecular formula is C18H19F3N2S. The molecule has 0 fully saturated rings. The van der Waals surface area contributed by atoms with E-state index in [-0.39, 0.29) is 11.2 Å². The maximum absolute atomic E-state index is 12.7. The van der Waals surface area contributed by atoms with Crippen LogP contribution in [0.3, 0.4) is 0 Å². The van der Waals surface area contributed by atoms with E-state index in [1.165, 1.54) is 11.6 Å². The number of aryl methyl sites for hydroxylation is 2. The van der Waals surface area contributed by atoms with Crippen molar-refractivity contribution in [3.05, 3.63) is 64.7 Å². The second-order valence-electron chi connectivity index (χ2n) is 5.76. The van der Waals surface area contributed by atoms with Crippen molar-refractivity contribution >= 4 is 23.0 Å². The fraction of sp³-hybridized carbons (Fsp3) is 0.278. The highest BCUT2D eigenvalue weighted by molar-refractivity contribution is 7.80. The minimum atomic E-state index is -4.38. The van der Waals surface area contributed by atoms with Crippen LogP contribution in [0.25, 0.3) is 0 Å². The van der Waals surface area contributed by atoms with Crippen LogP contribution in [0.15, 0.2) is 42.5 Å². The van der Waals surface area contributed by atoms with Crippen LogP contribution in [0.1, 0.15) is 35.2 Å². The summed E-state index contributed by atoms with van der Waals surface area (Å²) in [6.45, 7) is 6.00. The lowest BCUT2D eigenvalue weighted by Gasteiger charge is -2.20. The summed E-state index contributed by atoms with van der Waals surface area (Å²) in [4.78, 5) is 0. The van der Waals surface area contributed by atoms with Gasteiger partial charge in [-0.25, -0.2) is 0 Å². The zero-order chi connectivity index (χ0) is 17.9. The second-order valence-corrected chi connectivity index (χ2v) is 6.17. The van der Waals surface area contributed by atoms with Gasteiger partial charge in [-0.1, -0.05) is 29.8 Å². The minimum absolute atomic E-state index is 0.0589. The molecule has 2 rings (SSSR count). The fourth-order valence-corrected chi connectivity index (χ4v) is 2.82. The molecule has 0 spiro atoms. The first kappa shape index (κ1) is 18.3. The van der Waals surface area contributed by atoms with Crippen molar-refractivity contribution in [3.8, 4) is 0 Å². The highest BCUT2D eigenvalue weighted by Gasteiger charge is 2.30. The smallest absolute Gasteiger partial charge is 0.356 e. The molecule has 2 aromatic carbocycles. The minimum Gasteiger partial charge on any atom is -0.356 e. The van der Waals surface area contributed by atoms with E-state index in [1.807, 2.05) is 32.9 Å². The first-order valence-corrected chi connectivity index (χ1v) is 7.89. The van der Waals surface area contributed by atoms with Gasteiger partial charge in [0, 0.05) is 5.69 Å². The van der Waals surface area contributed by atoms with Gasteiger partial charge >= 0.3 is 6.18 Å². The Labute approximate surface area is 145 Å². The summed E-state index contributed by atoms with van der Waals surface area (Å²) < 4.78 is 38.2. The van der Waals surface area contributed by atoms with E-state index in [1.54, 1.807) is 6.07 Å². The van der Waals surface area contributed by atoms with Crippen LogP contribution in [-0.2, 0) is 6.18 Å². The molecule has 0 saturated heterocycles. The van der Waals surface area contributed by atoms with Gasteiger partial charge in [-0.05, 0) is 62.3 Å². The molecule has 2 nitrogen and oxygen atoms in total. The van der Waals surface area contributed by atoms with Gasteiger partial charge < -0.3 is 10.6 Å². The number of benzene rings is 2. The predicted molar refractivity (Wildman–Crippen MR) is 95.1 cm³/mol. The van der Waals surface area contributed by atoms with E-state index in [0.29, 0.717) is 5.69 Å². The SMILES string of the molecule is Cc1ccc(C(C)NC(=S)Nc2cccc(C(F)(F)F)c2)c(C)c1. The molecule has 0 amide bonds. The number of halogens is 3. The first-order valence-electron chi connectivity index (χ1n) is 7.49. The molecule has 0 bridgehead atoms. The lowest BCUT2D eigenvalue weighted by atomic mass is 10.0. The van der Waals surface area contributed by atoms with Crippen LogP contribution in [-0.4, -0.2) is 5.11 Å². The average molecular weight is 352 g/mol. The third-order valence-corrected chi connectivity index (χ3v) is 3.91. The second kappa shape index (κ2) is 7.21. The van der Waals surface area contributed by atoms with E-state index in [9.17, 15) is 13.2 Å². The standard InChI is InChI=1S/C18H19F3N2S/c1-11-7-8-16(12(2)9-11)13(3)22-17(24)23-15-6-4-5-14(10-15)18(19,20)21/h4-10,13H,1-3H3,(H2,22,23,24). The molecule has 0 aliphatic heterocycles. The molecular weight excluding hydrogens is 333 g/mol. The van der Waals surface area contributed by atoms with Gasteiger partial charge in [0.1, 0.15) is 0 Å². The van der Waals surface area contributed by atoms with Crippen molar-refractivity contribution in [3.63, 3.8) is 0 Å². The van der Waals surface area contributed by atoms with Crippen LogP contribution < -0.4 is 10.6 Å². The van der Waals surface area contributed by atoms with E-state index < -0.39 is 11.7 Å². The largest absolute Gasteiger partial charge is 0.416 e. The molecule has 0 aliphatic rings. The maximum atomic E-state index is 12.7. The molecule has 128 valence electrons. The zero-order valence-electron chi connectivity index (χ0n) is 13.7. The summed E-state index contributed by atoms with van der Waals surface area (Å²) in [5, 5.41) is 6.19. The number of nitrogens with one attached hydrogen (secondary N) is 2. The van der Waals surface area contributed by atoms with Gasteiger partial charge in [-0.15, -0.1) is 0 Å². The van der Waals surface area contributed by atoms with E-state index >= 15 is 0 Å². The maximum Gasteiger partial charge on any atom is 0.416 e. The Bertz CT molecular complexity index is 741. The first-order chi connectivity index (χ1) is 11.2. The molecule has 0 aromatic heterocycles. The van der Waals surface area contributed by atoms with Crippen molar-refractivity contribution in [2.45, 2.75) is 33.0 Å². The van der Waals surface area contributed by atoms with Gasteiger partial charge in [0.25, 0.3) is 0 Å². The predicted octanol–water partition coefficient (Wildman–Crippen LogP) is 5.37. The van der Waals surface area contributed by atoms with Crippen molar-refractivity contribution in [2.24, 2.45) is 0 Å². The van der Waals surface area contributed by atoms with Gasteiger partial charge in [0.15, 0.2) is 5.11 Å². The lowest BCUT2D eigenvalue weighted by Crippen LogP contribution is -2.31. The third-order valence-electron chi connectivity index (χ3n) is 3.69. The highest BCUT2D eigenvalue weighted by atomic mass is 32.1. The van der Waals surface area contributed by atoms with E-state index in [0.717, 1.165) is 23.3 Å². The van der Waals surface area contributed by atoms with Gasteiger partial charge in [0.2, 0.25) is 0 Å². The molecule has 1 atom stereocenters. The summed E-state index contributed by atoms with van der Waals surface area (Å²) in [5.41, 5.74) is 2.99. The molecule has 0 heterocycles. The molecule has 0 aliphatic carbocycles. The van der Waals surface area contributed by atoms with Crippen molar-refractivity contribution in [2.75, 3.05) is 5.32 Å². The number of rotatable bonds is 3. The zero-order valence-corrected chi connectivity index (χ0v) is 14.5.